The summed E-state index contributed by atoms with van der Waals surface area (Å²) in [5.41, 5.74) is 0. The molecule has 0 saturated carbocycles. The molecule has 5 nitrogen and oxygen atoms in total. The molecule has 1 aliphatic rings. The summed E-state index contributed by atoms with van der Waals surface area (Å²) in [7, 11) is -3.56. The van der Waals surface area contributed by atoms with E-state index in [0.29, 0.717) is 36.9 Å². The van der Waals surface area contributed by atoms with Crippen LogP contribution in [-0.2, 0) is 14.8 Å². The molecule has 140 valence electrons. The molecule has 25 heavy (non-hydrogen) atoms. The molecule has 0 aromatic heterocycles. The molecule has 0 aliphatic carbocycles. The summed E-state index contributed by atoms with van der Waals surface area (Å²) < 4.78 is 28.4. The quantitative estimate of drug-likeness (QED) is 0.583. The second-order valence-corrected chi connectivity index (χ2v) is 9.93. The first-order chi connectivity index (χ1) is 11.9. The van der Waals surface area contributed by atoms with E-state index in [1.165, 1.54) is 4.31 Å². The summed E-state index contributed by atoms with van der Waals surface area (Å²) in [5, 5.41) is 2.97. The SMILES string of the molecule is CCCCCNC(=O)C1CCN(S(=O)(=O)c2cc(Br)ccc2Br)CC1. The fourth-order valence-electron chi connectivity index (χ4n) is 2.90. The summed E-state index contributed by atoms with van der Waals surface area (Å²) in [4.78, 5) is 12.4. The maximum absolute atomic E-state index is 12.9. The number of rotatable bonds is 7. The summed E-state index contributed by atoms with van der Waals surface area (Å²) in [6, 6.07) is 5.11. The van der Waals surface area contributed by atoms with E-state index in [2.05, 4.69) is 44.1 Å². The molecule has 0 bridgehead atoms. The van der Waals surface area contributed by atoms with Gasteiger partial charge in [-0.05, 0) is 53.4 Å². The van der Waals surface area contributed by atoms with Crippen LogP contribution >= 0.6 is 31.9 Å². The Morgan fingerprint density at radius 3 is 2.56 bits per heavy atom. The predicted octanol–water partition coefficient (Wildman–Crippen LogP) is 3.92. The number of halogens is 2. The maximum Gasteiger partial charge on any atom is 0.244 e. The van der Waals surface area contributed by atoms with Gasteiger partial charge in [0.05, 0.1) is 4.90 Å². The van der Waals surface area contributed by atoms with Gasteiger partial charge in [0.25, 0.3) is 0 Å². The number of carbonyl (C=O) groups excluding carboxylic acids is 1. The zero-order valence-corrected chi connectivity index (χ0v) is 18.3. The van der Waals surface area contributed by atoms with Gasteiger partial charge in [-0.3, -0.25) is 4.79 Å². The van der Waals surface area contributed by atoms with Crippen LogP contribution in [0.3, 0.4) is 0 Å². The number of amides is 1. The van der Waals surface area contributed by atoms with Crippen molar-refractivity contribution in [2.45, 2.75) is 43.9 Å². The molecule has 1 aromatic carbocycles. The van der Waals surface area contributed by atoms with E-state index in [-0.39, 0.29) is 16.7 Å². The molecule has 0 atom stereocenters. The molecular formula is C17H24Br2N2O3S. The largest absolute Gasteiger partial charge is 0.356 e. The zero-order chi connectivity index (χ0) is 18.4. The number of unbranched alkanes of at least 4 members (excludes halogenated alkanes) is 2. The molecule has 8 heteroatoms. The average molecular weight is 496 g/mol. The van der Waals surface area contributed by atoms with Crippen molar-refractivity contribution in [1.29, 1.82) is 0 Å². The number of hydrogen-bond donors (Lipinski definition) is 1. The monoisotopic (exact) mass is 494 g/mol. The number of sulfonamides is 1. The highest BCUT2D eigenvalue weighted by atomic mass is 79.9. The Kier molecular flexibility index (Phi) is 7.91. The normalized spacial score (nSPS) is 16.8. The topological polar surface area (TPSA) is 66.5 Å². The Morgan fingerprint density at radius 1 is 1.24 bits per heavy atom. The first-order valence-electron chi connectivity index (χ1n) is 8.59. The van der Waals surface area contributed by atoms with Gasteiger partial charge in [-0.15, -0.1) is 0 Å². The van der Waals surface area contributed by atoms with Crippen molar-refractivity contribution >= 4 is 47.8 Å². The van der Waals surface area contributed by atoms with Gasteiger partial charge in [0.15, 0.2) is 0 Å². The number of carbonyl (C=O) groups is 1. The van der Waals surface area contributed by atoms with Crippen LogP contribution < -0.4 is 5.32 Å². The average Bonchev–Trinajstić information content (AvgIpc) is 2.60. The summed E-state index contributed by atoms with van der Waals surface area (Å²) in [5.74, 6) is -0.0455. The Bertz CT molecular complexity index is 702. The molecule has 1 saturated heterocycles. The molecular weight excluding hydrogens is 472 g/mol. The van der Waals surface area contributed by atoms with Crippen LogP contribution in [0.4, 0.5) is 0 Å². The second-order valence-electron chi connectivity index (χ2n) is 6.25. The lowest BCUT2D eigenvalue weighted by molar-refractivity contribution is -0.126. The summed E-state index contributed by atoms with van der Waals surface area (Å²) in [6.07, 6.45) is 4.34. The maximum atomic E-state index is 12.9. The first-order valence-corrected chi connectivity index (χ1v) is 11.6. The van der Waals surface area contributed by atoms with E-state index < -0.39 is 10.0 Å². The first kappa shape index (κ1) is 20.9. The lowest BCUT2D eigenvalue weighted by Gasteiger charge is -2.30. The number of nitrogens with one attached hydrogen (secondary N) is 1. The third kappa shape index (κ3) is 5.52. The minimum atomic E-state index is -3.56. The third-order valence-electron chi connectivity index (χ3n) is 4.42. The molecule has 0 unspecified atom stereocenters. The van der Waals surface area contributed by atoms with E-state index in [4.69, 9.17) is 0 Å². The Labute approximate surface area is 166 Å². The molecule has 1 aliphatic heterocycles. The van der Waals surface area contributed by atoms with Crippen molar-refractivity contribution in [3.63, 3.8) is 0 Å². The van der Waals surface area contributed by atoms with Gasteiger partial charge >= 0.3 is 0 Å². The third-order valence-corrected chi connectivity index (χ3v) is 7.80. The summed E-state index contributed by atoms with van der Waals surface area (Å²) >= 11 is 6.64. The van der Waals surface area contributed by atoms with E-state index >= 15 is 0 Å². The minimum absolute atomic E-state index is 0.0526. The van der Waals surface area contributed by atoms with Crippen molar-refractivity contribution < 1.29 is 13.2 Å². The van der Waals surface area contributed by atoms with E-state index in [1.807, 2.05) is 0 Å². The van der Waals surface area contributed by atoms with E-state index in [0.717, 1.165) is 23.7 Å². The molecule has 1 heterocycles. The number of hydrogen-bond acceptors (Lipinski definition) is 3. The number of nitrogens with zero attached hydrogens (tertiary/aromatic N) is 1. The van der Waals surface area contributed by atoms with Gasteiger partial charge < -0.3 is 5.32 Å². The van der Waals surface area contributed by atoms with Crippen LogP contribution in [0.2, 0.25) is 0 Å². The molecule has 1 N–H and O–H groups in total. The molecule has 0 radical (unpaired) electrons. The highest BCUT2D eigenvalue weighted by Crippen LogP contribution is 2.30. The molecule has 2 rings (SSSR count). The van der Waals surface area contributed by atoms with Crippen molar-refractivity contribution in [3.8, 4) is 0 Å². The van der Waals surface area contributed by atoms with Gasteiger partial charge in [0, 0.05) is 34.5 Å². The zero-order valence-electron chi connectivity index (χ0n) is 14.3. The van der Waals surface area contributed by atoms with Crippen LogP contribution in [-0.4, -0.2) is 38.3 Å². The Morgan fingerprint density at radius 2 is 1.92 bits per heavy atom. The highest BCUT2D eigenvalue weighted by molar-refractivity contribution is 9.11. The van der Waals surface area contributed by atoms with Crippen molar-refractivity contribution in [1.82, 2.24) is 9.62 Å². The van der Waals surface area contributed by atoms with Gasteiger partial charge in [-0.2, -0.15) is 4.31 Å². The van der Waals surface area contributed by atoms with Gasteiger partial charge in [0.2, 0.25) is 15.9 Å². The lowest BCUT2D eigenvalue weighted by atomic mass is 9.97. The minimum Gasteiger partial charge on any atom is -0.356 e. The number of benzene rings is 1. The lowest BCUT2D eigenvalue weighted by Crippen LogP contribution is -2.43. The van der Waals surface area contributed by atoms with Crippen LogP contribution in [0.5, 0.6) is 0 Å². The van der Waals surface area contributed by atoms with Crippen molar-refractivity contribution in [2.75, 3.05) is 19.6 Å². The fraction of sp³-hybridized carbons (Fsp3) is 0.588. The van der Waals surface area contributed by atoms with Gasteiger partial charge in [-0.1, -0.05) is 35.7 Å². The van der Waals surface area contributed by atoms with Crippen LogP contribution in [0.25, 0.3) is 0 Å². The standard InChI is InChI=1S/C17H24Br2N2O3S/c1-2-3-4-9-20-17(22)13-7-10-21(11-8-13)25(23,24)16-12-14(18)5-6-15(16)19/h5-6,12-13H,2-4,7-11H2,1H3,(H,20,22). The van der Waals surface area contributed by atoms with Gasteiger partial charge in [-0.25, -0.2) is 8.42 Å². The molecule has 1 fully saturated rings. The van der Waals surface area contributed by atoms with E-state index in [9.17, 15) is 13.2 Å². The Balaban J connectivity index is 1.95. The molecule has 1 amide bonds. The van der Waals surface area contributed by atoms with Crippen molar-refractivity contribution in [2.24, 2.45) is 5.92 Å². The fourth-order valence-corrected chi connectivity index (χ4v) is 5.84. The molecule has 0 spiro atoms. The van der Waals surface area contributed by atoms with Gasteiger partial charge in [0.1, 0.15) is 0 Å². The van der Waals surface area contributed by atoms with E-state index in [1.54, 1.807) is 18.2 Å². The van der Waals surface area contributed by atoms with Crippen molar-refractivity contribution in [3.05, 3.63) is 27.1 Å². The molecule has 1 aromatic rings. The smallest absolute Gasteiger partial charge is 0.244 e. The van der Waals surface area contributed by atoms with Crippen LogP contribution in [0.1, 0.15) is 39.0 Å². The van der Waals surface area contributed by atoms with Crippen LogP contribution in [0, 0.1) is 5.92 Å². The second kappa shape index (κ2) is 9.48. The Hall–Kier alpha value is -0.440. The number of piperidine rings is 1. The van der Waals surface area contributed by atoms with Crippen LogP contribution in [0.15, 0.2) is 32.0 Å². The highest BCUT2D eigenvalue weighted by Gasteiger charge is 2.33. The summed E-state index contributed by atoms with van der Waals surface area (Å²) in [6.45, 7) is 3.57. The predicted molar refractivity (Wildman–Crippen MR) is 106 cm³/mol.